The quantitative estimate of drug-likeness (QED) is 0.907. The molecule has 0 saturated heterocycles. The monoisotopic (exact) mass is 264 g/mol. The van der Waals surface area contributed by atoms with Gasteiger partial charge >= 0.3 is 5.97 Å². The highest BCUT2D eigenvalue weighted by Crippen LogP contribution is 2.25. The number of carboxylic acid groups (broad SMARTS) is 1. The van der Waals surface area contributed by atoms with Crippen LogP contribution in [0.2, 0.25) is 5.02 Å². The lowest BCUT2D eigenvalue weighted by Crippen LogP contribution is -2.04. The van der Waals surface area contributed by atoms with Crippen LogP contribution in [0.15, 0.2) is 18.2 Å². The summed E-state index contributed by atoms with van der Waals surface area (Å²) in [5.41, 5.74) is 3.46. The van der Waals surface area contributed by atoms with Gasteiger partial charge in [0.2, 0.25) is 0 Å². The Morgan fingerprint density at radius 1 is 1.33 bits per heavy atom. The number of hydrogen-bond donors (Lipinski definition) is 1. The lowest BCUT2D eigenvalue weighted by molar-refractivity contribution is 0.0690. The second-order valence-electron chi connectivity index (χ2n) is 4.25. The largest absolute Gasteiger partial charge is 0.476 e. The SMILES string of the molecule is Cc1ccc(C)c(-n2nc(C(=O)O)c(Cl)c2C)c1. The number of halogens is 1. The summed E-state index contributed by atoms with van der Waals surface area (Å²) in [6.07, 6.45) is 0. The Kier molecular flexibility index (Phi) is 3.13. The van der Waals surface area contributed by atoms with Gasteiger partial charge in [-0.3, -0.25) is 0 Å². The molecule has 0 radical (unpaired) electrons. The van der Waals surface area contributed by atoms with Gasteiger partial charge in [-0.15, -0.1) is 0 Å². The minimum Gasteiger partial charge on any atom is -0.476 e. The first-order chi connectivity index (χ1) is 8.41. The molecule has 94 valence electrons. The molecular weight excluding hydrogens is 252 g/mol. The van der Waals surface area contributed by atoms with Gasteiger partial charge in [-0.05, 0) is 38.0 Å². The summed E-state index contributed by atoms with van der Waals surface area (Å²) < 4.78 is 1.58. The molecule has 0 aliphatic carbocycles. The zero-order chi connectivity index (χ0) is 13.4. The van der Waals surface area contributed by atoms with Crippen molar-refractivity contribution >= 4 is 17.6 Å². The van der Waals surface area contributed by atoms with E-state index in [1.165, 1.54) is 0 Å². The van der Waals surface area contributed by atoms with E-state index in [-0.39, 0.29) is 10.7 Å². The van der Waals surface area contributed by atoms with Crippen molar-refractivity contribution in [2.24, 2.45) is 0 Å². The number of rotatable bonds is 2. The standard InChI is InChI=1S/C13H13ClN2O2/c1-7-4-5-8(2)10(6-7)16-9(3)11(14)12(15-16)13(17)18/h4-6H,1-3H3,(H,17,18). The van der Waals surface area contributed by atoms with Crippen molar-refractivity contribution in [3.8, 4) is 5.69 Å². The number of aryl methyl sites for hydroxylation is 2. The molecule has 5 heteroatoms. The van der Waals surface area contributed by atoms with E-state index in [0.29, 0.717) is 5.69 Å². The van der Waals surface area contributed by atoms with Crippen LogP contribution in [0.1, 0.15) is 27.3 Å². The van der Waals surface area contributed by atoms with E-state index in [2.05, 4.69) is 5.10 Å². The highest BCUT2D eigenvalue weighted by Gasteiger charge is 2.19. The molecular formula is C13H13ClN2O2. The summed E-state index contributed by atoms with van der Waals surface area (Å²) in [6.45, 7) is 5.68. The first-order valence-electron chi connectivity index (χ1n) is 5.48. The molecule has 2 rings (SSSR count). The number of aromatic nitrogens is 2. The predicted molar refractivity (Wildman–Crippen MR) is 69.7 cm³/mol. The lowest BCUT2D eigenvalue weighted by atomic mass is 10.1. The first kappa shape index (κ1) is 12.6. The molecule has 1 N–H and O–H groups in total. The van der Waals surface area contributed by atoms with Crippen molar-refractivity contribution in [3.63, 3.8) is 0 Å². The molecule has 0 saturated carbocycles. The van der Waals surface area contributed by atoms with Crippen molar-refractivity contribution in [3.05, 3.63) is 45.7 Å². The van der Waals surface area contributed by atoms with Gasteiger partial charge in [-0.25, -0.2) is 9.48 Å². The topological polar surface area (TPSA) is 55.1 Å². The number of nitrogens with zero attached hydrogens (tertiary/aromatic N) is 2. The van der Waals surface area contributed by atoms with Gasteiger partial charge < -0.3 is 5.11 Å². The summed E-state index contributed by atoms with van der Waals surface area (Å²) in [4.78, 5) is 11.0. The average Bonchev–Trinajstić information content (AvgIpc) is 2.60. The van der Waals surface area contributed by atoms with Gasteiger partial charge in [0.1, 0.15) is 0 Å². The molecule has 0 atom stereocenters. The van der Waals surface area contributed by atoms with Gasteiger partial charge in [0, 0.05) is 0 Å². The molecule has 0 aliphatic rings. The van der Waals surface area contributed by atoms with Gasteiger partial charge in [0.15, 0.2) is 5.69 Å². The zero-order valence-corrected chi connectivity index (χ0v) is 11.1. The third-order valence-electron chi connectivity index (χ3n) is 2.84. The maximum Gasteiger partial charge on any atom is 0.358 e. The van der Waals surface area contributed by atoms with Crippen molar-refractivity contribution < 1.29 is 9.90 Å². The Morgan fingerprint density at radius 2 is 2.00 bits per heavy atom. The first-order valence-corrected chi connectivity index (χ1v) is 5.85. The highest BCUT2D eigenvalue weighted by molar-refractivity contribution is 6.33. The Bertz CT molecular complexity index is 632. The summed E-state index contributed by atoms with van der Waals surface area (Å²) in [6, 6.07) is 5.93. The van der Waals surface area contributed by atoms with E-state index in [0.717, 1.165) is 16.8 Å². The minimum absolute atomic E-state index is 0.116. The molecule has 0 aliphatic heterocycles. The van der Waals surface area contributed by atoms with Gasteiger partial charge in [0.25, 0.3) is 0 Å². The van der Waals surface area contributed by atoms with E-state index in [9.17, 15) is 4.79 Å². The Hall–Kier alpha value is -1.81. The van der Waals surface area contributed by atoms with Crippen LogP contribution < -0.4 is 0 Å². The maximum atomic E-state index is 11.0. The van der Waals surface area contributed by atoms with E-state index < -0.39 is 5.97 Å². The summed E-state index contributed by atoms with van der Waals surface area (Å²) >= 11 is 5.99. The van der Waals surface area contributed by atoms with Crippen LogP contribution in [-0.2, 0) is 0 Å². The van der Waals surface area contributed by atoms with Crippen LogP contribution in [0.3, 0.4) is 0 Å². The third kappa shape index (κ3) is 1.99. The van der Waals surface area contributed by atoms with Crippen LogP contribution in [0.5, 0.6) is 0 Å². The van der Waals surface area contributed by atoms with Gasteiger partial charge in [-0.1, -0.05) is 23.7 Å². The lowest BCUT2D eigenvalue weighted by Gasteiger charge is -2.08. The number of aromatic carboxylic acids is 1. The van der Waals surface area contributed by atoms with Crippen molar-refractivity contribution in [2.75, 3.05) is 0 Å². The van der Waals surface area contributed by atoms with Crippen molar-refractivity contribution in [2.45, 2.75) is 20.8 Å². The second kappa shape index (κ2) is 4.46. The summed E-state index contributed by atoms with van der Waals surface area (Å²) in [7, 11) is 0. The van der Waals surface area contributed by atoms with E-state index in [1.807, 2.05) is 32.0 Å². The smallest absolute Gasteiger partial charge is 0.358 e. The van der Waals surface area contributed by atoms with Crippen LogP contribution in [0.4, 0.5) is 0 Å². The van der Waals surface area contributed by atoms with Crippen molar-refractivity contribution in [1.29, 1.82) is 0 Å². The summed E-state index contributed by atoms with van der Waals surface area (Å²) in [5, 5.41) is 13.3. The number of carboxylic acids is 1. The highest BCUT2D eigenvalue weighted by atomic mass is 35.5. The zero-order valence-electron chi connectivity index (χ0n) is 10.4. The molecule has 18 heavy (non-hydrogen) atoms. The number of hydrogen-bond acceptors (Lipinski definition) is 2. The second-order valence-corrected chi connectivity index (χ2v) is 4.63. The van der Waals surface area contributed by atoms with Gasteiger partial charge in [-0.2, -0.15) is 5.10 Å². The summed E-state index contributed by atoms with van der Waals surface area (Å²) in [5.74, 6) is -1.12. The van der Waals surface area contributed by atoms with Crippen molar-refractivity contribution in [1.82, 2.24) is 9.78 Å². The normalized spacial score (nSPS) is 10.7. The fourth-order valence-corrected chi connectivity index (χ4v) is 2.00. The predicted octanol–water partition coefficient (Wildman–Crippen LogP) is 3.15. The molecule has 0 bridgehead atoms. The number of benzene rings is 1. The molecule has 0 unspecified atom stereocenters. The Labute approximate surface area is 110 Å². The van der Waals surface area contributed by atoms with E-state index >= 15 is 0 Å². The molecule has 0 fully saturated rings. The van der Waals surface area contributed by atoms with Crippen LogP contribution in [0.25, 0.3) is 5.69 Å². The molecule has 4 nitrogen and oxygen atoms in total. The maximum absolute atomic E-state index is 11.0. The Balaban J connectivity index is 2.68. The Morgan fingerprint density at radius 3 is 2.56 bits per heavy atom. The molecule has 0 amide bonds. The fourth-order valence-electron chi connectivity index (χ4n) is 1.80. The van der Waals surface area contributed by atoms with Gasteiger partial charge in [0.05, 0.1) is 16.4 Å². The minimum atomic E-state index is -1.12. The van der Waals surface area contributed by atoms with E-state index in [4.69, 9.17) is 16.7 Å². The van der Waals surface area contributed by atoms with Crippen LogP contribution in [-0.4, -0.2) is 20.9 Å². The molecule has 1 aromatic carbocycles. The number of carbonyl (C=O) groups is 1. The van der Waals surface area contributed by atoms with E-state index in [1.54, 1.807) is 11.6 Å². The third-order valence-corrected chi connectivity index (χ3v) is 3.29. The average molecular weight is 265 g/mol. The van der Waals surface area contributed by atoms with Crippen LogP contribution in [0, 0.1) is 20.8 Å². The molecule has 2 aromatic rings. The molecule has 1 heterocycles. The van der Waals surface area contributed by atoms with Crippen LogP contribution >= 0.6 is 11.6 Å². The fraction of sp³-hybridized carbons (Fsp3) is 0.231. The molecule has 0 spiro atoms. The molecule has 1 aromatic heterocycles.